The molecule has 1 fully saturated rings. The Bertz CT molecular complexity index is 449. The smallest absolute Gasteiger partial charge is 0.256 e. The normalized spacial score (nSPS) is 24.1. The quantitative estimate of drug-likeness (QED) is 0.771. The second-order valence-corrected chi connectivity index (χ2v) is 5.00. The van der Waals surface area contributed by atoms with E-state index in [0.29, 0.717) is 24.3 Å². The van der Waals surface area contributed by atoms with Crippen molar-refractivity contribution < 1.29 is 9.53 Å². The van der Waals surface area contributed by atoms with Crippen LogP contribution in [0.2, 0.25) is 0 Å². The first-order valence-electron chi connectivity index (χ1n) is 6.29. The Hall–Kier alpha value is -1.55. The van der Waals surface area contributed by atoms with E-state index >= 15 is 0 Å². The molecule has 1 amide bonds. The summed E-state index contributed by atoms with van der Waals surface area (Å²) >= 11 is 0. The van der Waals surface area contributed by atoms with Gasteiger partial charge in [0.2, 0.25) is 0 Å². The zero-order valence-corrected chi connectivity index (χ0v) is 11.1. The highest BCUT2D eigenvalue weighted by molar-refractivity contribution is 5.99. The Kier molecular flexibility index (Phi) is 3.57. The molecule has 0 aliphatic carbocycles. The fourth-order valence-corrected chi connectivity index (χ4v) is 2.38. The van der Waals surface area contributed by atoms with Crippen molar-refractivity contribution in [2.75, 3.05) is 18.8 Å². The molecular weight excluding hydrogens is 228 g/mol. The molecule has 1 aliphatic heterocycles. The van der Waals surface area contributed by atoms with Crippen molar-refractivity contribution in [3.8, 4) is 0 Å². The molecule has 4 heteroatoms. The summed E-state index contributed by atoms with van der Waals surface area (Å²) in [5.74, 6) is -0.00167. The Morgan fingerprint density at radius 2 is 1.94 bits per heavy atom. The lowest BCUT2D eigenvalue weighted by Crippen LogP contribution is -2.48. The summed E-state index contributed by atoms with van der Waals surface area (Å²) in [4.78, 5) is 14.3. The lowest BCUT2D eigenvalue weighted by Gasteiger charge is -2.35. The van der Waals surface area contributed by atoms with E-state index in [4.69, 9.17) is 10.5 Å². The van der Waals surface area contributed by atoms with E-state index in [1.165, 1.54) is 0 Å². The van der Waals surface area contributed by atoms with Crippen LogP contribution in [0.4, 0.5) is 5.69 Å². The van der Waals surface area contributed by atoms with E-state index in [-0.39, 0.29) is 18.1 Å². The third-order valence-corrected chi connectivity index (χ3v) is 3.26. The lowest BCUT2D eigenvalue weighted by molar-refractivity contribution is -0.0585. The Balaban J connectivity index is 2.23. The van der Waals surface area contributed by atoms with E-state index in [1.807, 2.05) is 37.8 Å². The van der Waals surface area contributed by atoms with Gasteiger partial charge in [-0.25, -0.2) is 0 Å². The number of carbonyl (C=O) groups is 1. The molecule has 0 bridgehead atoms. The molecular formula is C14H20N2O2. The largest absolute Gasteiger partial charge is 0.398 e. The number of nitrogen functional groups attached to an aromatic ring is 1. The summed E-state index contributed by atoms with van der Waals surface area (Å²) < 4.78 is 5.63. The van der Waals surface area contributed by atoms with Crippen molar-refractivity contribution >= 4 is 11.6 Å². The van der Waals surface area contributed by atoms with Crippen LogP contribution in [-0.4, -0.2) is 36.1 Å². The van der Waals surface area contributed by atoms with E-state index in [2.05, 4.69) is 0 Å². The first-order valence-corrected chi connectivity index (χ1v) is 6.29. The maximum absolute atomic E-state index is 12.5. The first kappa shape index (κ1) is 12.9. The standard InChI is InChI=1S/C14H20N2O2/c1-9-5-4-6-12(13(9)15)14(17)16-7-10(2)18-11(3)8-16/h4-6,10-11H,7-8,15H2,1-3H3/t10-,11+. The van der Waals surface area contributed by atoms with Crippen LogP contribution in [0.3, 0.4) is 0 Å². The van der Waals surface area contributed by atoms with Gasteiger partial charge in [-0.15, -0.1) is 0 Å². The minimum absolute atomic E-state index is 0.00167. The lowest BCUT2D eigenvalue weighted by atomic mass is 10.1. The van der Waals surface area contributed by atoms with Gasteiger partial charge < -0.3 is 15.4 Å². The summed E-state index contributed by atoms with van der Waals surface area (Å²) in [7, 11) is 0. The van der Waals surface area contributed by atoms with E-state index in [1.54, 1.807) is 6.07 Å². The zero-order valence-electron chi connectivity index (χ0n) is 11.1. The highest BCUT2D eigenvalue weighted by Crippen LogP contribution is 2.20. The van der Waals surface area contributed by atoms with Gasteiger partial charge in [-0.2, -0.15) is 0 Å². The molecule has 2 N–H and O–H groups in total. The predicted molar refractivity (Wildman–Crippen MR) is 71.5 cm³/mol. The molecule has 0 unspecified atom stereocenters. The monoisotopic (exact) mass is 248 g/mol. The second-order valence-electron chi connectivity index (χ2n) is 5.00. The number of anilines is 1. The summed E-state index contributed by atoms with van der Waals surface area (Å²) in [6, 6.07) is 5.57. The number of amides is 1. The van der Waals surface area contributed by atoms with Crippen molar-refractivity contribution in [1.29, 1.82) is 0 Å². The van der Waals surface area contributed by atoms with Crippen LogP contribution in [0.25, 0.3) is 0 Å². The number of para-hydroxylation sites is 1. The average molecular weight is 248 g/mol. The number of benzene rings is 1. The second kappa shape index (κ2) is 4.98. The number of rotatable bonds is 1. The summed E-state index contributed by atoms with van der Waals surface area (Å²) in [5.41, 5.74) is 8.09. The van der Waals surface area contributed by atoms with Gasteiger partial charge >= 0.3 is 0 Å². The first-order chi connectivity index (χ1) is 8.49. The van der Waals surface area contributed by atoms with Crippen molar-refractivity contribution in [1.82, 2.24) is 4.90 Å². The van der Waals surface area contributed by atoms with Crippen molar-refractivity contribution in [2.24, 2.45) is 0 Å². The van der Waals surface area contributed by atoms with Gasteiger partial charge in [0.25, 0.3) is 5.91 Å². The van der Waals surface area contributed by atoms with E-state index in [0.717, 1.165) is 5.56 Å². The van der Waals surface area contributed by atoms with Gasteiger partial charge in [0.1, 0.15) is 0 Å². The van der Waals surface area contributed by atoms with Gasteiger partial charge in [0.05, 0.1) is 17.8 Å². The van der Waals surface area contributed by atoms with Crippen molar-refractivity contribution in [3.63, 3.8) is 0 Å². The maximum Gasteiger partial charge on any atom is 0.256 e. The van der Waals surface area contributed by atoms with Crippen LogP contribution in [0.15, 0.2) is 18.2 Å². The Morgan fingerprint density at radius 1 is 1.33 bits per heavy atom. The molecule has 18 heavy (non-hydrogen) atoms. The van der Waals surface area contributed by atoms with Crippen LogP contribution in [-0.2, 0) is 4.74 Å². The average Bonchev–Trinajstić information content (AvgIpc) is 2.30. The predicted octanol–water partition coefficient (Wildman–Crippen LogP) is 1.83. The van der Waals surface area contributed by atoms with Crippen LogP contribution in [0, 0.1) is 6.92 Å². The number of hydrogen-bond acceptors (Lipinski definition) is 3. The number of ether oxygens (including phenoxy) is 1. The Morgan fingerprint density at radius 3 is 2.56 bits per heavy atom. The molecule has 4 nitrogen and oxygen atoms in total. The number of aryl methyl sites for hydroxylation is 1. The fourth-order valence-electron chi connectivity index (χ4n) is 2.38. The molecule has 0 saturated carbocycles. The number of hydrogen-bond donors (Lipinski definition) is 1. The van der Waals surface area contributed by atoms with Crippen molar-refractivity contribution in [3.05, 3.63) is 29.3 Å². The van der Waals surface area contributed by atoms with E-state index in [9.17, 15) is 4.79 Å². The molecule has 0 radical (unpaired) electrons. The third-order valence-electron chi connectivity index (χ3n) is 3.26. The molecule has 1 aromatic carbocycles. The zero-order chi connectivity index (χ0) is 13.3. The molecule has 1 saturated heterocycles. The van der Waals surface area contributed by atoms with Gasteiger partial charge in [-0.3, -0.25) is 4.79 Å². The molecule has 1 aliphatic rings. The number of nitrogens with two attached hydrogens (primary N) is 1. The van der Waals surface area contributed by atoms with Crippen molar-refractivity contribution in [2.45, 2.75) is 33.0 Å². The van der Waals surface area contributed by atoms with Gasteiger partial charge in [-0.1, -0.05) is 12.1 Å². The number of nitrogens with zero attached hydrogens (tertiary/aromatic N) is 1. The van der Waals surface area contributed by atoms with Crippen LogP contribution in [0.5, 0.6) is 0 Å². The van der Waals surface area contributed by atoms with Crippen LogP contribution in [0.1, 0.15) is 29.8 Å². The van der Waals surface area contributed by atoms with E-state index < -0.39 is 0 Å². The number of carbonyl (C=O) groups excluding carboxylic acids is 1. The molecule has 2 atom stereocenters. The fraction of sp³-hybridized carbons (Fsp3) is 0.500. The Labute approximate surface area is 108 Å². The molecule has 1 heterocycles. The van der Waals surface area contributed by atoms with Crippen LogP contribution >= 0.6 is 0 Å². The van der Waals surface area contributed by atoms with Gasteiger partial charge in [0, 0.05) is 18.8 Å². The molecule has 2 rings (SSSR count). The van der Waals surface area contributed by atoms with Crippen LogP contribution < -0.4 is 5.73 Å². The summed E-state index contributed by atoms with van der Waals surface area (Å²) in [6.07, 6.45) is 0.146. The third kappa shape index (κ3) is 2.48. The topological polar surface area (TPSA) is 55.6 Å². The maximum atomic E-state index is 12.5. The highest BCUT2D eigenvalue weighted by atomic mass is 16.5. The summed E-state index contributed by atoms with van der Waals surface area (Å²) in [5, 5.41) is 0. The van der Waals surface area contributed by atoms with Gasteiger partial charge in [0.15, 0.2) is 0 Å². The minimum Gasteiger partial charge on any atom is -0.398 e. The highest BCUT2D eigenvalue weighted by Gasteiger charge is 2.27. The molecule has 98 valence electrons. The molecule has 0 spiro atoms. The SMILES string of the molecule is Cc1cccc(C(=O)N2C[C@@H](C)O[C@@H](C)C2)c1N. The van der Waals surface area contributed by atoms with Gasteiger partial charge in [-0.05, 0) is 32.4 Å². The number of morpholine rings is 1. The molecule has 1 aromatic rings. The molecule has 0 aromatic heterocycles. The minimum atomic E-state index is -0.00167. The summed E-state index contributed by atoms with van der Waals surface area (Å²) in [6.45, 7) is 7.12.